The Balaban J connectivity index is 1.28. The van der Waals surface area contributed by atoms with Crippen LogP contribution in [0.2, 0.25) is 0 Å². The molecule has 1 heterocycles. The molecule has 1 aliphatic carbocycles. The minimum absolute atomic E-state index is 0.177. The number of benzene rings is 2. The van der Waals surface area contributed by atoms with Crippen molar-refractivity contribution in [2.24, 2.45) is 0 Å². The Morgan fingerprint density at radius 3 is 2.36 bits per heavy atom. The molecule has 4 rings (SSSR count). The molecule has 2 aromatic carbocycles. The van der Waals surface area contributed by atoms with Gasteiger partial charge in [0.2, 0.25) is 0 Å². The van der Waals surface area contributed by atoms with Crippen molar-refractivity contribution in [2.75, 3.05) is 24.6 Å². The molecule has 1 atom stereocenters. The van der Waals surface area contributed by atoms with Gasteiger partial charge in [-0.1, -0.05) is 24.6 Å². The number of hydrogen-bond donors (Lipinski definition) is 1. The van der Waals surface area contributed by atoms with Crippen molar-refractivity contribution >= 4 is 21.0 Å². The van der Waals surface area contributed by atoms with Gasteiger partial charge in [0.05, 0.1) is 11.5 Å². The Kier molecular flexibility index (Phi) is 11.5. The van der Waals surface area contributed by atoms with Crippen LogP contribution in [0.5, 0.6) is 5.75 Å². The lowest BCUT2D eigenvalue weighted by Gasteiger charge is -2.24. The maximum atomic E-state index is 13.7. The summed E-state index contributed by atoms with van der Waals surface area (Å²) in [7, 11) is -4.01. The molecule has 0 radical (unpaired) electrons. The first-order valence-corrected chi connectivity index (χ1v) is 17.3. The van der Waals surface area contributed by atoms with Crippen molar-refractivity contribution in [1.82, 2.24) is 4.90 Å². The number of allylic oxidation sites excluding steroid dienone is 2. The number of rotatable bonds is 14. The second-order valence-corrected chi connectivity index (χ2v) is 14.4. The van der Waals surface area contributed by atoms with E-state index in [1.165, 1.54) is 23.3 Å². The van der Waals surface area contributed by atoms with E-state index >= 15 is 0 Å². The van der Waals surface area contributed by atoms with Crippen LogP contribution in [0, 0.1) is 5.82 Å². The SMILES string of the molecule is O=S(=O)(CCC[C@@H]1CCCN1CCCCCC1=C(c2ccc(F)cc2)CCCc2cc(O)ccc21)CCC(F)(F)C(F)(F)F. The van der Waals surface area contributed by atoms with Crippen LogP contribution in [0.4, 0.5) is 26.3 Å². The molecule has 2 aliphatic rings. The van der Waals surface area contributed by atoms with E-state index < -0.39 is 39.9 Å². The number of aromatic hydroxyl groups is 1. The van der Waals surface area contributed by atoms with Crippen molar-refractivity contribution < 1.29 is 39.9 Å². The number of phenolic OH excluding ortho intramolecular Hbond substituents is 1. The lowest BCUT2D eigenvalue weighted by Crippen LogP contribution is -2.38. The number of likely N-dealkylation sites (tertiary alicyclic amines) is 1. The molecular formula is C33H41F6NO3S. The van der Waals surface area contributed by atoms with Gasteiger partial charge >= 0.3 is 12.1 Å². The number of aryl methyl sites for hydroxylation is 1. The third-order valence-corrected chi connectivity index (χ3v) is 10.6. The Morgan fingerprint density at radius 2 is 1.64 bits per heavy atom. The van der Waals surface area contributed by atoms with Crippen molar-refractivity contribution in [1.29, 1.82) is 0 Å². The summed E-state index contributed by atoms with van der Waals surface area (Å²) in [5, 5.41) is 10.1. The van der Waals surface area contributed by atoms with E-state index in [-0.39, 0.29) is 24.0 Å². The van der Waals surface area contributed by atoms with Gasteiger partial charge < -0.3 is 10.0 Å². The summed E-state index contributed by atoms with van der Waals surface area (Å²) in [5.74, 6) is -6.62. The molecule has 1 N–H and O–H groups in total. The molecule has 44 heavy (non-hydrogen) atoms. The number of fused-ring (bicyclic) bond motifs is 1. The zero-order chi connectivity index (χ0) is 32.0. The molecule has 4 nitrogen and oxygen atoms in total. The van der Waals surface area contributed by atoms with Crippen LogP contribution in [-0.4, -0.2) is 61.2 Å². The van der Waals surface area contributed by atoms with Crippen molar-refractivity contribution in [2.45, 2.75) is 95.2 Å². The summed E-state index contributed by atoms with van der Waals surface area (Å²) in [5.41, 5.74) is 5.71. The van der Waals surface area contributed by atoms with E-state index in [1.54, 1.807) is 6.07 Å². The normalized spacial score (nSPS) is 18.5. The van der Waals surface area contributed by atoms with Crippen LogP contribution in [0.1, 0.15) is 87.3 Å². The Hall–Kier alpha value is -2.53. The van der Waals surface area contributed by atoms with Crippen LogP contribution in [0.25, 0.3) is 11.1 Å². The molecule has 1 aliphatic heterocycles. The van der Waals surface area contributed by atoms with E-state index in [0.717, 1.165) is 87.6 Å². The number of phenols is 1. The van der Waals surface area contributed by atoms with Crippen LogP contribution >= 0.6 is 0 Å². The smallest absolute Gasteiger partial charge is 0.453 e. The zero-order valence-corrected chi connectivity index (χ0v) is 25.6. The molecule has 1 fully saturated rings. The predicted molar refractivity (Wildman–Crippen MR) is 161 cm³/mol. The minimum Gasteiger partial charge on any atom is -0.508 e. The highest BCUT2D eigenvalue weighted by Crippen LogP contribution is 2.40. The van der Waals surface area contributed by atoms with Crippen LogP contribution < -0.4 is 0 Å². The summed E-state index contributed by atoms with van der Waals surface area (Å²) >= 11 is 0. The topological polar surface area (TPSA) is 57.6 Å². The molecule has 11 heteroatoms. The Morgan fingerprint density at radius 1 is 0.886 bits per heavy atom. The first-order chi connectivity index (χ1) is 20.8. The van der Waals surface area contributed by atoms with Crippen molar-refractivity contribution in [3.63, 3.8) is 0 Å². The third-order valence-electron chi connectivity index (χ3n) is 8.85. The number of halogens is 6. The molecule has 244 valence electrons. The average molecular weight is 646 g/mol. The quantitative estimate of drug-likeness (QED) is 0.165. The van der Waals surface area contributed by atoms with Crippen LogP contribution in [0.15, 0.2) is 42.5 Å². The number of hydrogen-bond acceptors (Lipinski definition) is 4. The molecule has 2 aromatic rings. The fourth-order valence-electron chi connectivity index (χ4n) is 6.48. The summed E-state index contributed by atoms with van der Waals surface area (Å²) in [6, 6.07) is 12.3. The van der Waals surface area contributed by atoms with Gasteiger partial charge in [0, 0.05) is 12.5 Å². The van der Waals surface area contributed by atoms with Gasteiger partial charge in [-0.2, -0.15) is 22.0 Å². The maximum absolute atomic E-state index is 13.7. The summed E-state index contributed by atoms with van der Waals surface area (Å²) < 4.78 is 101. The Bertz CT molecular complexity index is 1390. The fraction of sp³-hybridized carbons (Fsp3) is 0.576. The van der Waals surface area contributed by atoms with Crippen LogP contribution in [0.3, 0.4) is 0 Å². The van der Waals surface area contributed by atoms with E-state index in [4.69, 9.17) is 0 Å². The third kappa shape index (κ3) is 9.25. The zero-order valence-electron chi connectivity index (χ0n) is 24.8. The number of unbranched alkanes of at least 4 members (excludes halogenated alkanes) is 2. The van der Waals surface area contributed by atoms with Gasteiger partial charge in [-0.3, -0.25) is 0 Å². The lowest BCUT2D eigenvalue weighted by atomic mass is 9.89. The monoisotopic (exact) mass is 645 g/mol. The maximum Gasteiger partial charge on any atom is 0.453 e. The summed E-state index contributed by atoms with van der Waals surface area (Å²) in [6.07, 6.45) is 1.55. The molecule has 0 aromatic heterocycles. The van der Waals surface area contributed by atoms with Crippen LogP contribution in [-0.2, 0) is 16.3 Å². The summed E-state index contributed by atoms with van der Waals surface area (Å²) in [4.78, 5) is 2.33. The summed E-state index contributed by atoms with van der Waals surface area (Å²) in [6.45, 7) is 1.75. The van der Waals surface area contributed by atoms with E-state index in [1.807, 2.05) is 24.3 Å². The standard InChI is InChI=1S/C33H41F6NO3S/c34-26-14-12-24(13-15-26)29-11-4-7-25-23-28(41)16-17-30(25)31(29)10-2-1-3-19-40-20-5-8-27(40)9-6-21-44(42,43)22-18-32(35,36)33(37,38)39/h12-17,23,27,41H,1-11,18-22H2/t27-/m0/s1. The first-order valence-electron chi connectivity index (χ1n) is 15.4. The molecule has 1 saturated heterocycles. The average Bonchev–Trinajstić information content (AvgIpc) is 3.32. The second kappa shape index (κ2) is 14.7. The molecule has 0 unspecified atom stereocenters. The second-order valence-electron chi connectivity index (χ2n) is 12.0. The molecular weight excluding hydrogens is 604 g/mol. The molecule has 0 amide bonds. The first kappa shape index (κ1) is 34.3. The number of alkyl halides is 5. The van der Waals surface area contributed by atoms with Gasteiger partial charge in [-0.15, -0.1) is 0 Å². The van der Waals surface area contributed by atoms with Gasteiger partial charge in [-0.25, -0.2) is 12.8 Å². The lowest BCUT2D eigenvalue weighted by molar-refractivity contribution is -0.282. The Labute approximate surface area is 256 Å². The van der Waals surface area contributed by atoms with E-state index in [9.17, 15) is 39.9 Å². The highest BCUT2D eigenvalue weighted by Gasteiger charge is 2.57. The largest absolute Gasteiger partial charge is 0.508 e. The van der Waals surface area contributed by atoms with Gasteiger partial charge in [0.1, 0.15) is 11.6 Å². The number of nitrogens with zero attached hydrogens (tertiary/aromatic N) is 1. The highest BCUT2D eigenvalue weighted by atomic mass is 32.2. The number of sulfone groups is 1. The van der Waals surface area contributed by atoms with Crippen molar-refractivity contribution in [3.05, 3.63) is 65.0 Å². The van der Waals surface area contributed by atoms with Gasteiger partial charge in [0.25, 0.3) is 0 Å². The fourth-order valence-corrected chi connectivity index (χ4v) is 7.86. The van der Waals surface area contributed by atoms with E-state index in [2.05, 4.69) is 4.90 Å². The van der Waals surface area contributed by atoms with E-state index in [0.29, 0.717) is 6.42 Å². The molecule has 0 bridgehead atoms. The van der Waals surface area contributed by atoms with Gasteiger partial charge in [0.15, 0.2) is 9.84 Å². The predicted octanol–water partition coefficient (Wildman–Crippen LogP) is 8.59. The highest BCUT2D eigenvalue weighted by molar-refractivity contribution is 7.91. The minimum atomic E-state index is -5.75. The molecule has 0 saturated carbocycles. The molecule has 0 spiro atoms. The van der Waals surface area contributed by atoms with Crippen molar-refractivity contribution in [3.8, 4) is 5.75 Å². The van der Waals surface area contributed by atoms with Gasteiger partial charge in [-0.05, 0) is 129 Å².